The van der Waals surface area contributed by atoms with E-state index in [1.807, 2.05) is 0 Å². The van der Waals surface area contributed by atoms with Gasteiger partial charge in [-0.05, 0) is 30.7 Å². The van der Waals surface area contributed by atoms with E-state index in [1.54, 1.807) is 0 Å². The lowest BCUT2D eigenvalue weighted by atomic mass is 9.98. The van der Waals surface area contributed by atoms with Crippen molar-refractivity contribution in [3.05, 3.63) is 35.9 Å². The first-order chi connectivity index (χ1) is 10.4. The Bertz CT molecular complexity index is 516. The van der Waals surface area contributed by atoms with Gasteiger partial charge in [0.15, 0.2) is 0 Å². The number of carbonyl (C=O) groups is 2. The molecule has 6 heteroatoms. The van der Waals surface area contributed by atoms with Gasteiger partial charge in [-0.15, -0.1) is 0 Å². The summed E-state index contributed by atoms with van der Waals surface area (Å²) >= 11 is 0. The summed E-state index contributed by atoms with van der Waals surface area (Å²) in [6, 6.07) is 11.9. The second-order valence-electron chi connectivity index (χ2n) is 5.96. The van der Waals surface area contributed by atoms with Gasteiger partial charge in [-0.1, -0.05) is 30.3 Å². The van der Waals surface area contributed by atoms with Crippen LogP contribution in [0.4, 0.5) is 0 Å². The van der Waals surface area contributed by atoms with Gasteiger partial charge in [0.25, 0.3) is 0 Å². The summed E-state index contributed by atoms with van der Waals surface area (Å²) in [6.07, 6.45) is 2.80. The average Bonchev–Trinajstić information content (AvgIpc) is 3.18. The number of nitrogens with one attached hydrogen (secondary N) is 2. The first-order valence-corrected chi connectivity index (χ1v) is 7.42. The minimum absolute atomic E-state index is 0.462. The molecule has 2 fully saturated rings. The Balaban J connectivity index is 0.000000254. The number of hydrogen-bond donors (Lipinski definition) is 4. The molecule has 0 aromatic heterocycles. The lowest BCUT2D eigenvalue weighted by Crippen LogP contribution is -2.38. The third kappa shape index (κ3) is 4.05. The molecule has 1 saturated heterocycles. The third-order valence-electron chi connectivity index (χ3n) is 4.39. The van der Waals surface area contributed by atoms with Crippen LogP contribution in [0.5, 0.6) is 0 Å². The van der Waals surface area contributed by atoms with E-state index in [4.69, 9.17) is 19.8 Å². The highest BCUT2D eigenvalue weighted by Crippen LogP contribution is 2.50. The van der Waals surface area contributed by atoms with E-state index in [2.05, 4.69) is 47.9 Å². The van der Waals surface area contributed by atoms with E-state index >= 15 is 0 Å². The Morgan fingerprint density at radius 1 is 1.23 bits per heavy atom. The first-order valence-electron chi connectivity index (χ1n) is 7.42. The monoisotopic (exact) mass is 306 g/mol. The SMILES string of the molecule is C[C@H](NC1CNCC12CC2)c1ccccc1.O=C(O)C(=O)O. The molecule has 1 aromatic carbocycles. The lowest BCUT2D eigenvalue weighted by molar-refractivity contribution is -0.159. The molecular weight excluding hydrogens is 284 g/mol. The summed E-state index contributed by atoms with van der Waals surface area (Å²) in [4.78, 5) is 18.2. The van der Waals surface area contributed by atoms with Crippen molar-refractivity contribution >= 4 is 11.9 Å². The summed E-state index contributed by atoms with van der Waals surface area (Å²) in [5, 5.41) is 22.1. The van der Waals surface area contributed by atoms with E-state index in [0.717, 1.165) is 6.54 Å². The Labute approximate surface area is 129 Å². The molecule has 1 unspecified atom stereocenters. The molecular formula is C16H22N2O4. The maximum atomic E-state index is 9.10. The molecule has 6 nitrogen and oxygen atoms in total. The van der Waals surface area contributed by atoms with Crippen molar-refractivity contribution < 1.29 is 19.8 Å². The minimum atomic E-state index is -1.82. The quantitative estimate of drug-likeness (QED) is 0.627. The van der Waals surface area contributed by atoms with E-state index in [9.17, 15) is 0 Å². The van der Waals surface area contributed by atoms with Crippen LogP contribution in [0.3, 0.4) is 0 Å². The Kier molecular flexibility index (Phi) is 5.15. The molecule has 2 atom stereocenters. The predicted molar refractivity (Wildman–Crippen MR) is 81.6 cm³/mol. The van der Waals surface area contributed by atoms with Crippen LogP contribution in [-0.2, 0) is 9.59 Å². The summed E-state index contributed by atoms with van der Waals surface area (Å²) in [7, 11) is 0. The van der Waals surface area contributed by atoms with Crippen molar-refractivity contribution in [1.29, 1.82) is 0 Å². The highest BCUT2D eigenvalue weighted by molar-refractivity contribution is 6.27. The fourth-order valence-electron chi connectivity index (χ4n) is 2.87. The van der Waals surface area contributed by atoms with Crippen LogP contribution < -0.4 is 10.6 Å². The minimum Gasteiger partial charge on any atom is -0.473 e. The van der Waals surface area contributed by atoms with Gasteiger partial charge < -0.3 is 20.8 Å². The maximum Gasteiger partial charge on any atom is 0.414 e. The van der Waals surface area contributed by atoms with Gasteiger partial charge in [0, 0.05) is 25.2 Å². The largest absolute Gasteiger partial charge is 0.473 e. The van der Waals surface area contributed by atoms with Crippen LogP contribution in [0.1, 0.15) is 31.4 Å². The van der Waals surface area contributed by atoms with Crippen LogP contribution in [0, 0.1) is 5.41 Å². The standard InChI is InChI=1S/C14H20N2.C2H2O4/c1-11(12-5-3-2-4-6-12)16-13-9-15-10-14(13)7-8-14;3-1(4)2(5)6/h2-6,11,13,15-16H,7-10H2,1H3;(H,3,4)(H,5,6)/t11-,13?;/m0./s1. The fourth-order valence-corrected chi connectivity index (χ4v) is 2.87. The topological polar surface area (TPSA) is 98.7 Å². The van der Waals surface area contributed by atoms with Crippen LogP contribution in [0.2, 0.25) is 0 Å². The molecule has 0 amide bonds. The summed E-state index contributed by atoms with van der Waals surface area (Å²) in [6.45, 7) is 4.62. The number of carboxylic acid groups (broad SMARTS) is 2. The molecule has 1 saturated carbocycles. The van der Waals surface area contributed by atoms with E-state index < -0.39 is 11.9 Å². The molecule has 22 heavy (non-hydrogen) atoms. The van der Waals surface area contributed by atoms with E-state index in [1.165, 1.54) is 24.9 Å². The van der Waals surface area contributed by atoms with Gasteiger partial charge in [-0.25, -0.2) is 9.59 Å². The third-order valence-corrected chi connectivity index (χ3v) is 4.39. The van der Waals surface area contributed by atoms with Crippen LogP contribution in [-0.4, -0.2) is 41.3 Å². The van der Waals surface area contributed by atoms with Crippen molar-refractivity contribution in [3.8, 4) is 0 Å². The molecule has 1 aromatic rings. The predicted octanol–water partition coefficient (Wildman–Crippen LogP) is 1.24. The zero-order valence-corrected chi connectivity index (χ0v) is 12.6. The normalized spacial score (nSPS) is 22.5. The van der Waals surface area contributed by atoms with Gasteiger partial charge in [0.2, 0.25) is 0 Å². The lowest BCUT2D eigenvalue weighted by Gasteiger charge is -2.24. The van der Waals surface area contributed by atoms with Gasteiger partial charge >= 0.3 is 11.9 Å². The summed E-state index contributed by atoms with van der Waals surface area (Å²) in [5.74, 6) is -3.65. The Morgan fingerprint density at radius 3 is 2.32 bits per heavy atom. The Hall–Kier alpha value is -1.92. The number of hydrogen-bond acceptors (Lipinski definition) is 4. The maximum absolute atomic E-state index is 9.10. The molecule has 0 radical (unpaired) electrons. The number of carboxylic acids is 2. The molecule has 3 rings (SSSR count). The van der Waals surface area contributed by atoms with Gasteiger partial charge in [-0.3, -0.25) is 0 Å². The smallest absolute Gasteiger partial charge is 0.414 e. The molecule has 0 bridgehead atoms. The van der Waals surface area contributed by atoms with Crippen molar-refractivity contribution in [2.24, 2.45) is 5.41 Å². The molecule has 1 heterocycles. The van der Waals surface area contributed by atoms with E-state index in [0.29, 0.717) is 17.5 Å². The van der Waals surface area contributed by atoms with Crippen molar-refractivity contribution in [2.45, 2.75) is 31.8 Å². The van der Waals surface area contributed by atoms with Crippen molar-refractivity contribution in [3.63, 3.8) is 0 Å². The summed E-state index contributed by atoms with van der Waals surface area (Å²) < 4.78 is 0. The van der Waals surface area contributed by atoms with Crippen LogP contribution >= 0.6 is 0 Å². The number of aliphatic carboxylic acids is 2. The molecule has 1 spiro atoms. The van der Waals surface area contributed by atoms with Gasteiger partial charge in [0.1, 0.15) is 0 Å². The van der Waals surface area contributed by atoms with E-state index in [-0.39, 0.29) is 0 Å². The molecule has 2 aliphatic rings. The highest BCUT2D eigenvalue weighted by Gasteiger charge is 2.52. The second-order valence-corrected chi connectivity index (χ2v) is 5.96. The van der Waals surface area contributed by atoms with Crippen LogP contribution in [0.15, 0.2) is 30.3 Å². The molecule has 4 N–H and O–H groups in total. The second kappa shape index (κ2) is 6.89. The first kappa shape index (κ1) is 16.5. The molecule has 1 aliphatic carbocycles. The average molecular weight is 306 g/mol. The number of rotatable bonds is 3. The molecule has 1 aliphatic heterocycles. The van der Waals surface area contributed by atoms with Crippen molar-refractivity contribution in [2.75, 3.05) is 13.1 Å². The fraction of sp³-hybridized carbons (Fsp3) is 0.500. The highest BCUT2D eigenvalue weighted by atomic mass is 16.4. The molecule has 120 valence electrons. The van der Waals surface area contributed by atoms with Gasteiger partial charge in [0.05, 0.1) is 0 Å². The summed E-state index contributed by atoms with van der Waals surface area (Å²) in [5.41, 5.74) is 1.99. The zero-order valence-electron chi connectivity index (χ0n) is 12.6. The number of benzene rings is 1. The van der Waals surface area contributed by atoms with Crippen LogP contribution in [0.25, 0.3) is 0 Å². The van der Waals surface area contributed by atoms with Gasteiger partial charge in [-0.2, -0.15) is 0 Å². The Morgan fingerprint density at radius 2 is 1.82 bits per heavy atom. The zero-order chi connectivity index (χ0) is 16.2. The van der Waals surface area contributed by atoms with Crippen molar-refractivity contribution in [1.82, 2.24) is 10.6 Å².